The number of hydrogen-bond donors (Lipinski definition) is 4. The lowest BCUT2D eigenvalue weighted by Crippen LogP contribution is -2.58. The summed E-state index contributed by atoms with van der Waals surface area (Å²) in [6, 6.07) is 0. The molecule has 0 saturated carbocycles. The second-order valence-electron chi connectivity index (χ2n) is 2.69. The SMILES string of the molecule is OC1O[C@@H](CF)[C@H](O)[C@@H](O)[C@@H]1O. The first-order valence-corrected chi connectivity index (χ1v) is 3.51. The molecule has 72 valence electrons. The van der Waals surface area contributed by atoms with Crippen LogP contribution in [0.5, 0.6) is 0 Å². The Balaban J connectivity index is 2.63. The summed E-state index contributed by atoms with van der Waals surface area (Å²) in [5.74, 6) is 0. The summed E-state index contributed by atoms with van der Waals surface area (Å²) in [5, 5.41) is 35.8. The molecule has 0 amide bonds. The van der Waals surface area contributed by atoms with Crippen LogP contribution < -0.4 is 0 Å². The van der Waals surface area contributed by atoms with E-state index in [0.717, 1.165) is 0 Å². The molecule has 1 unspecified atom stereocenters. The van der Waals surface area contributed by atoms with Crippen molar-refractivity contribution in [2.45, 2.75) is 30.7 Å². The van der Waals surface area contributed by atoms with E-state index in [4.69, 9.17) is 20.4 Å². The average Bonchev–Trinajstić information content (AvgIpc) is 2.08. The summed E-state index contributed by atoms with van der Waals surface area (Å²) in [7, 11) is 0. The second-order valence-corrected chi connectivity index (χ2v) is 2.69. The molecule has 1 saturated heterocycles. The van der Waals surface area contributed by atoms with Crippen molar-refractivity contribution in [1.29, 1.82) is 0 Å². The van der Waals surface area contributed by atoms with Gasteiger partial charge in [0.25, 0.3) is 0 Å². The number of hydrogen-bond acceptors (Lipinski definition) is 5. The lowest BCUT2D eigenvalue weighted by atomic mass is 10.00. The van der Waals surface area contributed by atoms with Crippen LogP contribution in [-0.4, -0.2) is 57.8 Å². The molecule has 0 aromatic carbocycles. The maximum atomic E-state index is 12.0. The third kappa shape index (κ3) is 1.57. The number of alkyl halides is 1. The zero-order valence-electron chi connectivity index (χ0n) is 6.17. The Labute approximate surface area is 68.0 Å². The van der Waals surface area contributed by atoms with Crippen LogP contribution in [0.3, 0.4) is 0 Å². The molecule has 1 aliphatic heterocycles. The Morgan fingerprint density at radius 1 is 1.00 bits per heavy atom. The van der Waals surface area contributed by atoms with Gasteiger partial charge in [0.1, 0.15) is 31.1 Å². The summed E-state index contributed by atoms with van der Waals surface area (Å²) in [5.41, 5.74) is 0. The number of aliphatic hydroxyl groups excluding tert-OH is 4. The van der Waals surface area contributed by atoms with Gasteiger partial charge in [-0.05, 0) is 0 Å². The van der Waals surface area contributed by atoms with Gasteiger partial charge in [-0.15, -0.1) is 0 Å². The molecule has 1 fully saturated rings. The second kappa shape index (κ2) is 3.63. The standard InChI is InChI=1S/C6H11FO5/c7-1-2-3(8)4(9)5(10)6(11)12-2/h2-6,8-11H,1H2/t2-,3-,4+,5-,6?/m0/s1. The zero-order valence-corrected chi connectivity index (χ0v) is 6.17. The van der Waals surface area contributed by atoms with E-state index < -0.39 is 37.4 Å². The molecule has 4 N–H and O–H groups in total. The number of aliphatic hydroxyl groups is 4. The predicted molar refractivity (Wildman–Crippen MR) is 34.9 cm³/mol. The van der Waals surface area contributed by atoms with E-state index in [9.17, 15) is 4.39 Å². The fraction of sp³-hybridized carbons (Fsp3) is 1.00. The summed E-state index contributed by atoms with van der Waals surface area (Å²) in [4.78, 5) is 0. The zero-order chi connectivity index (χ0) is 9.30. The molecular formula is C6H11FO5. The van der Waals surface area contributed by atoms with Crippen molar-refractivity contribution in [2.24, 2.45) is 0 Å². The molecule has 12 heavy (non-hydrogen) atoms. The molecule has 0 aromatic heterocycles. The van der Waals surface area contributed by atoms with Crippen LogP contribution in [-0.2, 0) is 4.74 Å². The Morgan fingerprint density at radius 2 is 1.58 bits per heavy atom. The third-order valence-corrected chi connectivity index (χ3v) is 1.84. The molecule has 6 heteroatoms. The van der Waals surface area contributed by atoms with E-state index in [-0.39, 0.29) is 0 Å². The molecular weight excluding hydrogens is 171 g/mol. The summed E-state index contributed by atoms with van der Waals surface area (Å²) < 4.78 is 16.5. The Bertz CT molecular complexity index is 150. The van der Waals surface area contributed by atoms with Crippen LogP contribution >= 0.6 is 0 Å². The maximum Gasteiger partial charge on any atom is 0.184 e. The smallest absolute Gasteiger partial charge is 0.184 e. The van der Waals surface area contributed by atoms with Gasteiger partial charge in [0.05, 0.1) is 0 Å². The Morgan fingerprint density at radius 3 is 2.08 bits per heavy atom. The van der Waals surface area contributed by atoms with Gasteiger partial charge in [0, 0.05) is 0 Å². The van der Waals surface area contributed by atoms with Crippen LogP contribution in [0.15, 0.2) is 0 Å². The molecule has 1 heterocycles. The molecule has 0 bridgehead atoms. The van der Waals surface area contributed by atoms with Crippen LogP contribution in [0.2, 0.25) is 0 Å². The monoisotopic (exact) mass is 182 g/mol. The quantitative estimate of drug-likeness (QED) is 0.368. The van der Waals surface area contributed by atoms with Crippen LogP contribution in [0, 0.1) is 0 Å². The van der Waals surface area contributed by atoms with Gasteiger partial charge in [0.2, 0.25) is 0 Å². The normalized spacial score (nSPS) is 49.2. The van der Waals surface area contributed by atoms with Crippen LogP contribution in [0.4, 0.5) is 4.39 Å². The Hall–Kier alpha value is -0.270. The molecule has 0 spiro atoms. The molecule has 0 aromatic rings. The van der Waals surface area contributed by atoms with Crippen molar-refractivity contribution in [3.8, 4) is 0 Å². The van der Waals surface area contributed by atoms with Crippen molar-refractivity contribution in [1.82, 2.24) is 0 Å². The first-order chi connectivity index (χ1) is 5.57. The topological polar surface area (TPSA) is 90.2 Å². The minimum Gasteiger partial charge on any atom is -0.387 e. The van der Waals surface area contributed by atoms with E-state index in [1.807, 2.05) is 0 Å². The van der Waals surface area contributed by atoms with Gasteiger partial charge >= 0.3 is 0 Å². The number of rotatable bonds is 1. The van der Waals surface area contributed by atoms with Crippen molar-refractivity contribution in [2.75, 3.05) is 6.67 Å². The lowest BCUT2D eigenvalue weighted by Gasteiger charge is -2.37. The predicted octanol–water partition coefficient (Wildman–Crippen LogP) is -2.24. The first-order valence-electron chi connectivity index (χ1n) is 3.51. The summed E-state index contributed by atoms with van der Waals surface area (Å²) in [6.07, 6.45) is -7.60. The maximum absolute atomic E-state index is 12.0. The van der Waals surface area contributed by atoms with Crippen LogP contribution in [0.25, 0.3) is 0 Å². The molecule has 0 radical (unpaired) electrons. The van der Waals surface area contributed by atoms with E-state index in [1.54, 1.807) is 0 Å². The van der Waals surface area contributed by atoms with Gasteiger partial charge in [-0.25, -0.2) is 4.39 Å². The van der Waals surface area contributed by atoms with Crippen LogP contribution in [0.1, 0.15) is 0 Å². The molecule has 5 atom stereocenters. The van der Waals surface area contributed by atoms with Gasteiger partial charge < -0.3 is 25.2 Å². The lowest BCUT2D eigenvalue weighted by molar-refractivity contribution is -0.283. The molecule has 1 aliphatic rings. The van der Waals surface area contributed by atoms with Crippen molar-refractivity contribution in [3.63, 3.8) is 0 Å². The minimum absolute atomic E-state index is 1.03. The van der Waals surface area contributed by atoms with Gasteiger partial charge in [-0.1, -0.05) is 0 Å². The molecule has 0 aliphatic carbocycles. The van der Waals surface area contributed by atoms with E-state index in [1.165, 1.54) is 0 Å². The highest BCUT2D eigenvalue weighted by Gasteiger charge is 2.42. The third-order valence-electron chi connectivity index (χ3n) is 1.84. The van der Waals surface area contributed by atoms with Gasteiger partial charge in [0.15, 0.2) is 6.29 Å². The van der Waals surface area contributed by atoms with Gasteiger partial charge in [-0.3, -0.25) is 0 Å². The molecule has 1 rings (SSSR count). The van der Waals surface area contributed by atoms with Crippen molar-refractivity contribution < 1.29 is 29.6 Å². The average molecular weight is 182 g/mol. The summed E-state index contributed by atoms with van der Waals surface area (Å²) in [6.45, 7) is -1.03. The van der Waals surface area contributed by atoms with E-state index in [2.05, 4.69) is 4.74 Å². The largest absolute Gasteiger partial charge is 0.387 e. The molecule has 5 nitrogen and oxygen atoms in total. The van der Waals surface area contributed by atoms with Gasteiger partial charge in [-0.2, -0.15) is 0 Å². The first kappa shape index (κ1) is 9.82. The summed E-state index contributed by atoms with van der Waals surface area (Å²) >= 11 is 0. The van der Waals surface area contributed by atoms with E-state index in [0.29, 0.717) is 0 Å². The highest BCUT2D eigenvalue weighted by Crippen LogP contribution is 2.19. The highest BCUT2D eigenvalue weighted by atomic mass is 19.1. The van der Waals surface area contributed by atoms with Crippen molar-refractivity contribution in [3.05, 3.63) is 0 Å². The fourth-order valence-electron chi connectivity index (χ4n) is 1.06. The van der Waals surface area contributed by atoms with Crippen molar-refractivity contribution >= 4 is 0 Å². The number of halogens is 1. The fourth-order valence-corrected chi connectivity index (χ4v) is 1.06. The number of ether oxygens (including phenoxy) is 1. The minimum atomic E-state index is -1.65. The van der Waals surface area contributed by atoms with E-state index >= 15 is 0 Å². The Kier molecular flexibility index (Phi) is 2.97. The highest BCUT2D eigenvalue weighted by molar-refractivity contribution is 4.88.